The number of urea groups is 1. The van der Waals surface area contributed by atoms with E-state index in [4.69, 9.17) is 4.74 Å². The Kier molecular flexibility index (Phi) is 7.55. The molecule has 2 N–H and O–H groups in total. The number of amides is 3. The van der Waals surface area contributed by atoms with E-state index in [1.165, 1.54) is 18.2 Å². The number of rotatable bonds is 6. The summed E-state index contributed by atoms with van der Waals surface area (Å²) >= 11 is 1.29. The van der Waals surface area contributed by atoms with Crippen LogP contribution in [0, 0.1) is 5.92 Å². The first kappa shape index (κ1) is 20.9. The van der Waals surface area contributed by atoms with E-state index in [2.05, 4.69) is 32.7 Å². The smallest absolute Gasteiger partial charge is 0.321 e. The molecule has 10 heteroatoms. The summed E-state index contributed by atoms with van der Waals surface area (Å²) in [5.74, 6) is 1.04. The zero-order chi connectivity index (χ0) is 19.9. The van der Waals surface area contributed by atoms with Crippen LogP contribution >= 0.6 is 11.8 Å². The third-order valence-electron chi connectivity index (χ3n) is 5.32. The largest absolute Gasteiger partial charge is 0.378 e. The number of hydrogen-bond donors (Lipinski definition) is 2. The molecule has 156 valence electrons. The van der Waals surface area contributed by atoms with Crippen LogP contribution in [0.5, 0.6) is 0 Å². The van der Waals surface area contributed by atoms with Crippen molar-refractivity contribution in [3.8, 4) is 0 Å². The van der Waals surface area contributed by atoms with E-state index < -0.39 is 6.03 Å². The van der Waals surface area contributed by atoms with Gasteiger partial charge in [0.2, 0.25) is 11.9 Å². The molecule has 0 spiro atoms. The van der Waals surface area contributed by atoms with Crippen molar-refractivity contribution < 1.29 is 14.3 Å². The molecule has 0 radical (unpaired) electrons. The van der Waals surface area contributed by atoms with Crippen LogP contribution in [0.3, 0.4) is 0 Å². The van der Waals surface area contributed by atoms with Crippen molar-refractivity contribution in [2.24, 2.45) is 5.92 Å². The number of nitrogens with one attached hydrogen (secondary N) is 2. The highest BCUT2D eigenvalue weighted by Gasteiger charge is 2.24. The van der Waals surface area contributed by atoms with Gasteiger partial charge in [-0.15, -0.1) is 10.2 Å². The molecule has 1 aromatic rings. The van der Waals surface area contributed by atoms with Crippen LogP contribution in [-0.4, -0.2) is 64.8 Å². The van der Waals surface area contributed by atoms with Crippen molar-refractivity contribution in [3.05, 3.63) is 0 Å². The zero-order valence-electron chi connectivity index (χ0n) is 16.6. The molecule has 1 aromatic heterocycles. The molecular formula is C18H30N6O3S. The lowest BCUT2D eigenvalue weighted by Gasteiger charge is -2.29. The lowest BCUT2D eigenvalue weighted by molar-refractivity contribution is -0.117. The number of thioether (sulfide) groups is 1. The Balaban J connectivity index is 1.48. The van der Waals surface area contributed by atoms with Gasteiger partial charge < -0.3 is 15.0 Å². The van der Waals surface area contributed by atoms with E-state index >= 15 is 0 Å². The fourth-order valence-electron chi connectivity index (χ4n) is 3.69. The second-order valence-electron chi connectivity index (χ2n) is 7.30. The summed E-state index contributed by atoms with van der Waals surface area (Å²) in [6.45, 7) is 7.80. The molecular weight excluding hydrogens is 380 g/mol. The Morgan fingerprint density at radius 2 is 1.96 bits per heavy atom. The first-order valence-corrected chi connectivity index (χ1v) is 11.1. The summed E-state index contributed by atoms with van der Waals surface area (Å²) in [7, 11) is 0. The third kappa shape index (κ3) is 5.38. The van der Waals surface area contributed by atoms with Crippen LogP contribution in [0.1, 0.15) is 39.5 Å². The minimum atomic E-state index is -0.407. The number of nitrogens with zero attached hydrogens (tertiary/aromatic N) is 4. The molecule has 0 bridgehead atoms. The fraction of sp³-hybridized carbons (Fsp3) is 0.778. The monoisotopic (exact) mass is 410 g/mol. The number of ether oxygens (including phenoxy) is 1. The average Bonchev–Trinajstić information content (AvgIpc) is 3.11. The standard InChI is InChI=1S/C18H30N6O3S/c1-3-24-17(23-8-10-27-11-9-23)21-22-18(24)28-12-15(25)20-16(26)19-14-7-5-4-6-13(14)2/h13-14H,3-12H2,1-2H3,(H2,19,20,25,26)/t13-,14+/m0/s1. The van der Waals surface area contributed by atoms with Gasteiger partial charge in [-0.25, -0.2) is 4.79 Å². The molecule has 2 fully saturated rings. The molecule has 1 saturated heterocycles. The van der Waals surface area contributed by atoms with Gasteiger partial charge in [-0.3, -0.25) is 14.7 Å². The lowest BCUT2D eigenvalue weighted by Crippen LogP contribution is -2.48. The van der Waals surface area contributed by atoms with E-state index in [1.54, 1.807) is 0 Å². The minimum absolute atomic E-state index is 0.120. The quantitative estimate of drug-likeness (QED) is 0.687. The van der Waals surface area contributed by atoms with Gasteiger partial charge in [-0.1, -0.05) is 31.5 Å². The normalized spacial score (nSPS) is 22.7. The minimum Gasteiger partial charge on any atom is -0.378 e. The Labute approximate surface area is 170 Å². The number of anilines is 1. The SMILES string of the molecule is CCn1c(SCC(=O)NC(=O)N[C@@H]2CCCC[C@@H]2C)nnc1N1CCOCC1. The topological polar surface area (TPSA) is 101 Å². The van der Waals surface area contributed by atoms with Gasteiger partial charge in [-0.2, -0.15) is 0 Å². The zero-order valence-corrected chi connectivity index (χ0v) is 17.5. The van der Waals surface area contributed by atoms with Crippen LogP contribution in [-0.2, 0) is 16.1 Å². The summed E-state index contributed by atoms with van der Waals surface area (Å²) in [5.41, 5.74) is 0. The number of morpholine rings is 1. The van der Waals surface area contributed by atoms with Gasteiger partial charge in [0.1, 0.15) is 0 Å². The van der Waals surface area contributed by atoms with E-state index in [0.717, 1.165) is 38.3 Å². The highest BCUT2D eigenvalue weighted by atomic mass is 32.2. The van der Waals surface area contributed by atoms with E-state index in [-0.39, 0.29) is 17.7 Å². The second-order valence-corrected chi connectivity index (χ2v) is 8.25. The summed E-state index contributed by atoms with van der Waals surface area (Å²) in [4.78, 5) is 26.4. The summed E-state index contributed by atoms with van der Waals surface area (Å²) in [6, 6.07) is -0.260. The molecule has 2 heterocycles. The van der Waals surface area contributed by atoms with Gasteiger partial charge >= 0.3 is 6.03 Å². The van der Waals surface area contributed by atoms with E-state index in [1.807, 2.05) is 11.5 Å². The highest BCUT2D eigenvalue weighted by molar-refractivity contribution is 7.99. The van der Waals surface area contributed by atoms with Gasteiger partial charge in [-0.05, 0) is 25.7 Å². The van der Waals surface area contributed by atoms with Crippen molar-refractivity contribution in [1.29, 1.82) is 0 Å². The van der Waals surface area contributed by atoms with Crippen molar-refractivity contribution >= 4 is 29.6 Å². The van der Waals surface area contributed by atoms with Crippen LogP contribution in [0.2, 0.25) is 0 Å². The molecule has 2 aliphatic rings. The first-order valence-electron chi connectivity index (χ1n) is 10.1. The molecule has 0 aromatic carbocycles. The van der Waals surface area contributed by atoms with Gasteiger partial charge in [0.25, 0.3) is 0 Å². The molecule has 2 atom stereocenters. The van der Waals surface area contributed by atoms with Crippen LogP contribution in [0.25, 0.3) is 0 Å². The van der Waals surface area contributed by atoms with Crippen molar-refractivity contribution in [2.75, 3.05) is 37.0 Å². The van der Waals surface area contributed by atoms with Crippen molar-refractivity contribution in [1.82, 2.24) is 25.4 Å². The highest BCUT2D eigenvalue weighted by Crippen LogP contribution is 2.24. The Hall–Kier alpha value is -1.81. The molecule has 0 unspecified atom stereocenters. The molecule has 1 aliphatic heterocycles. The van der Waals surface area contributed by atoms with Crippen molar-refractivity contribution in [3.63, 3.8) is 0 Å². The lowest BCUT2D eigenvalue weighted by atomic mass is 9.86. The van der Waals surface area contributed by atoms with Crippen LogP contribution < -0.4 is 15.5 Å². The predicted octanol–water partition coefficient (Wildman–Crippen LogP) is 1.63. The summed E-state index contributed by atoms with van der Waals surface area (Å²) in [6.07, 6.45) is 4.42. The molecule has 3 amide bonds. The van der Waals surface area contributed by atoms with Crippen LogP contribution in [0.15, 0.2) is 5.16 Å². The number of imide groups is 1. The number of carbonyl (C=O) groups is 2. The summed E-state index contributed by atoms with van der Waals surface area (Å²) in [5, 5.41) is 14.6. The third-order valence-corrected chi connectivity index (χ3v) is 6.29. The molecule has 1 aliphatic carbocycles. The Bertz CT molecular complexity index is 676. The van der Waals surface area contributed by atoms with Crippen LogP contribution in [0.4, 0.5) is 10.7 Å². The Morgan fingerprint density at radius 3 is 2.68 bits per heavy atom. The Morgan fingerprint density at radius 1 is 1.21 bits per heavy atom. The van der Waals surface area contributed by atoms with E-state index in [0.29, 0.717) is 30.8 Å². The summed E-state index contributed by atoms with van der Waals surface area (Å²) < 4.78 is 7.38. The number of carbonyl (C=O) groups excluding carboxylic acids is 2. The first-order chi connectivity index (χ1) is 13.6. The number of aromatic nitrogens is 3. The van der Waals surface area contributed by atoms with Crippen molar-refractivity contribution in [2.45, 2.75) is 57.3 Å². The second kappa shape index (κ2) is 10.1. The van der Waals surface area contributed by atoms with Gasteiger partial charge in [0, 0.05) is 25.7 Å². The van der Waals surface area contributed by atoms with Gasteiger partial charge in [0.05, 0.1) is 19.0 Å². The van der Waals surface area contributed by atoms with E-state index in [9.17, 15) is 9.59 Å². The maximum atomic E-state index is 12.2. The molecule has 3 rings (SSSR count). The average molecular weight is 411 g/mol. The molecule has 9 nitrogen and oxygen atoms in total. The maximum Gasteiger partial charge on any atom is 0.321 e. The number of hydrogen-bond acceptors (Lipinski definition) is 7. The fourth-order valence-corrected chi connectivity index (χ4v) is 4.49. The predicted molar refractivity (Wildman–Crippen MR) is 108 cm³/mol. The molecule has 1 saturated carbocycles. The maximum absolute atomic E-state index is 12.2. The molecule has 28 heavy (non-hydrogen) atoms. The van der Waals surface area contributed by atoms with Gasteiger partial charge in [0.15, 0.2) is 5.16 Å².